The maximum Gasteiger partial charge on any atom is 0.219 e. The number of amides is 4. The van der Waals surface area contributed by atoms with E-state index in [0.29, 0.717) is 26.1 Å². The van der Waals surface area contributed by atoms with Gasteiger partial charge in [0.05, 0.1) is 0 Å². The van der Waals surface area contributed by atoms with Gasteiger partial charge in [-0.15, -0.1) is 13.2 Å². The number of hydrogen-bond donors (Lipinski definition) is 4. The molecule has 0 fully saturated rings. The molecule has 0 spiro atoms. The Morgan fingerprint density at radius 2 is 0.824 bits per heavy atom. The number of unbranched alkanes of at least 4 members (excludes halogenated alkanes) is 16. The lowest BCUT2D eigenvalue weighted by Crippen LogP contribution is -2.35. The molecule has 0 aliphatic rings. The number of carbonyl (C=O) groups is 4. The van der Waals surface area contributed by atoms with Crippen molar-refractivity contribution in [2.45, 2.75) is 193 Å². The van der Waals surface area contributed by atoms with Gasteiger partial charge in [0.1, 0.15) is 0 Å². The number of rotatable bonds is 38. The van der Waals surface area contributed by atoms with Crippen LogP contribution in [0, 0.1) is 0 Å². The molecular formula is C42H78N4O5. The monoisotopic (exact) mass is 719 g/mol. The summed E-state index contributed by atoms with van der Waals surface area (Å²) in [5.41, 5.74) is 0. The first kappa shape index (κ1) is 48.3. The maximum absolute atomic E-state index is 11.8. The average Bonchev–Trinajstić information content (AvgIpc) is 3.09. The molecule has 51 heavy (non-hydrogen) atoms. The molecule has 0 aromatic carbocycles. The Kier molecular flexibility index (Phi) is 35.1. The van der Waals surface area contributed by atoms with Crippen molar-refractivity contribution in [3.63, 3.8) is 0 Å². The van der Waals surface area contributed by atoms with Crippen molar-refractivity contribution in [2.75, 3.05) is 26.3 Å². The lowest BCUT2D eigenvalue weighted by atomic mass is 10.0. The smallest absolute Gasteiger partial charge is 0.219 e. The lowest BCUT2D eigenvalue weighted by Gasteiger charge is -2.20. The fraction of sp³-hybridized carbons (Fsp3) is 0.810. The normalized spacial score (nSPS) is 12.1. The van der Waals surface area contributed by atoms with Crippen molar-refractivity contribution in [2.24, 2.45) is 0 Å². The van der Waals surface area contributed by atoms with Crippen LogP contribution in [0.25, 0.3) is 0 Å². The third-order valence-electron chi connectivity index (χ3n) is 9.26. The zero-order chi connectivity index (χ0) is 37.6. The van der Waals surface area contributed by atoms with Crippen molar-refractivity contribution in [3.05, 3.63) is 25.3 Å². The van der Waals surface area contributed by atoms with Gasteiger partial charge in [0.25, 0.3) is 0 Å². The van der Waals surface area contributed by atoms with Gasteiger partial charge < -0.3 is 26.0 Å². The van der Waals surface area contributed by atoms with E-state index in [2.05, 4.69) is 34.4 Å². The van der Waals surface area contributed by atoms with Crippen LogP contribution in [0.2, 0.25) is 0 Å². The summed E-state index contributed by atoms with van der Waals surface area (Å²) < 4.78 is 5.97. The Morgan fingerprint density at radius 1 is 0.490 bits per heavy atom. The van der Waals surface area contributed by atoms with Gasteiger partial charge in [-0.1, -0.05) is 102 Å². The van der Waals surface area contributed by atoms with Crippen molar-refractivity contribution in [1.29, 1.82) is 0 Å². The van der Waals surface area contributed by atoms with Crippen molar-refractivity contribution in [1.82, 2.24) is 21.3 Å². The summed E-state index contributed by atoms with van der Waals surface area (Å²) in [6, 6.07) is 0.266. The molecule has 1 unspecified atom stereocenters. The summed E-state index contributed by atoms with van der Waals surface area (Å²) >= 11 is 0. The molecule has 296 valence electrons. The fourth-order valence-electron chi connectivity index (χ4n) is 6.30. The molecule has 0 aromatic heterocycles. The number of ether oxygens (including phenoxy) is 1. The molecular weight excluding hydrogens is 640 g/mol. The van der Waals surface area contributed by atoms with Gasteiger partial charge in [0, 0.05) is 65.1 Å². The van der Waals surface area contributed by atoms with Crippen LogP contribution in [0.5, 0.6) is 0 Å². The van der Waals surface area contributed by atoms with E-state index >= 15 is 0 Å². The Morgan fingerprint density at radius 3 is 1.16 bits per heavy atom. The van der Waals surface area contributed by atoms with E-state index in [1.165, 1.54) is 64.2 Å². The largest absolute Gasteiger partial charge is 0.381 e. The molecule has 0 saturated heterocycles. The van der Waals surface area contributed by atoms with E-state index in [1.54, 1.807) is 13.8 Å². The van der Waals surface area contributed by atoms with Crippen LogP contribution < -0.4 is 21.3 Å². The molecule has 0 saturated carbocycles. The highest BCUT2D eigenvalue weighted by Crippen LogP contribution is 2.15. The van der Waals surface area contributed by atoms with Crippen LogP contribution in [0.3, 0.4) is 0 Å². The Labute approximate surface area is 312 Å². The van der Waals surface area contributed by atoms with E-state index in [0.717, 1.165) is 103 Å². The Bertz CT molecular complexity index is 826. The van der Waals surface area contributed by atoms with Crippen molar-refractivity contribution < 1.29 is 23.9 Å². The van der Waals surface area contributed by atoms with Crippen LogP contribution in [0.4, 0.5) is 0 Å². The van der Waals surface area contributed by atoms with Crippen LogP contribution in [0.15, 0.2) is 25.3 Å². The van der Waals surface area contributed by atoms with Gasteiger partial charge in [-0.25, -0.2) is 0 Å². The minimum absolute atomic E-state index is 0.00578. The van der Waals surface area contributed by atoms with E-state index in [4.69, 9.17) is 4.74 Å². The van der Waals surface area contributed by atoms with Crippen LogP contribution in [0.1, 0.15) is 181 Å². The first-order chi connectivity index (χ1) is 24.8. The molecule has 9 heteroatoms. The standard InChI is InChI=1S/C42H78N4O5/c1-5-7-25-33-43-41(49)29-23-19-15-11-9-13-17-21-27-39(45-37(3)47)31-35-51-36-32-40(46-38(4)48)28-22-18-14-10-12-16-20-24-30-42(50)44-34-26-8-6-2/h5-6,39-40H,1-2,7-36H2,3-4H3,(H,43,49)(H,44,50)(H,45,47)(H,46,48)/t39-,40?/m1/s1. The van der Waals surface area contributed by atoms with E-state index in [1.807, 2.05) is 12.2 Å². The first-order valence-electron chi connectivity index (χ1n) is 20.7. The third-order valence-corrected chi connectivity index (χ3v) is 9.26. The van der Waals surface area contributed by atoms with Gasteiger partial charge in [0.15, 0.2) is 0 Å². The minimum Gasteiger partial charge on any atom is -0.381 e. The molecule has 4 amide bonds. The summed E-state index contributed by atoms with van der Waals surface area (Å²) in [6.07, 6.45) is 30.7. The number of allylic oxidation sites excluding steroid dienone is 2. The van der Waals surface area contributed by atoms with E-state index in [-0.39, 0.29) is 35.7 Å². The average molecular weight is 719 g/mol. The highest BCUT2D eigenvalue weighted by Gasteiger charge is 2.12. The molecule has 2 atom stereocenters. The zero-order valence-electron chi connectivity index (χ0n) is 33.0. The SMILES string of the molecule is C=CCCCNC(=O)CCCCCCCCCCC(CCOCC[C@@H](CCCCCCCCCCC(=O)NCCCC=C)NC(C)=O)NC(C)=O. The Hall–Kier alpha value is -2.68. The van der Waals surface area contributed by atoms with Crippen LogP contribution in [-0.4, -0.2) is 62.0 Å². The summed E-state index contributed by atoms with van der Waals surface area (Å²) in [6.45, 7) is 13.2. The van der Waals surface area contributed by atoms with Crippen molar-refractivity contribution in [3.8, 4) is 0 Å². The second-order valence-electron chi connectivity index (χ2n) is 14.3. The highest BCUT2D eigenvalue weighted by atomic mass is 16.5. The molecule has 0 heterocycles. The second kappa shape index (κ2) is 37.1. The van der Waals surface area contributed by atoms with Gasteiger partial charge in [0.2, 0.25) is 23.6 Å². The number of hydrogen-bond acceptors (Lipinski definition) is 5. The van der Waals surface area contributed by atoms with Crippen LogP contribution in [-0.2, 0) is 23.9 Å². The summed E-state index contributed by atoms with van der Waals surface area (Å²) in [5, 5.41) is 12.1. The number of nitrogens with one attached hydrogen (secondary N) is 4. The molecule has 0 radical (unpaired) electrons. The second-order valence-corrected chi connectivity index (χ2v) is 14.3. The first-order valence-corrected chi connectivity index (χ1v) is 20.7. The quantitative estimate of drug-likeness (QED) is 0.0375. The maximum atomic E-state index is 11.8. The minimum atomic E-state index is 0.00578. The van der Waals surface area contributed by atoms with E-state index in [9.17, 15) is 19.2 Å². The molecule has 9 nitrogen and oxygen atoms in total. The molecule has 0 aliphatic carbocycles. The fourth-order valence-corrected chi connectivity index (χ4v) is 6.30. The van der Waals surface area contributed by atoms with E-state index < -0.39 is 0 Å². The highest BCUT2D eigenvalue weighted by molar-refractivity contribution is 5.76. The van der Waals surface area contributed by atoms with Gasteiger partial charge in [-0.05, 0) is 64.2 Å². The molecule has 4 N–H and O–H groups in total. The lowest BCUT2D eigenvalue weighted by molar-refractivity contribution is -0.122. The zero-order valence-corrected chi connectivity index (χ0v) is 33.0. The third kappa shape index (κ3) is 36.9. The summed E-state index contributed by atoms with van der Waals surface area (Å²) in [4.78, 5) is 47.2. The summed E-state index contributed by atoms with van der Waals surface area (Å²) in [5.74, 6) is 0.343. The molecule has 0 aromatic rings. The summed E-state index contributed by atoms with van der Waals surface area (Å²) in [7, 11) is 0. The molecule has 0 bridgehead atoms. The predicted octanol–water partition coefficient (Wildman–Crippen LogP) is 8.76. The molecule has 0 aliphatic heterocycles. The van der Waals surface area contributed by atoms with Gasteiger partial charge in [-0.3, -0.25) is 19.2 Å². The Balaban J connectivity index is 3.93. The van der Waals surface area contributed by atoms with Gasteiger partial charge >= 0.3 is 0 Å². The predicted molar refractivity (Wildman–Crippen MR) is 212 cm³/mol. The number of carbonyl (C=O) groups excluding carboxylic acids is 4. The van der Waals surface area contributed by atoms with Crippen LogP contribution >= 0.6 is 0 Å². The van der Waals surface area contributed by atoms with Crippen molar-refractivity contribution >= 4 is 23.6 Å². The van der Waals surface area contributed by atoms with Gasteiger partial charge in [-0.2, -0.15) is 0 Å². The topological polar surface area (TPSA) is 126 Å². The molecule has 0 rings (SSSR count).